The molecule has 2 N–H and O–H groups in total. The predicted molar refractivity (Wildman–Crippen MR) is 99.6 cm³/mol. The number of carbonyl (C=O) groups excluding carboxylic acids is 1. The molecule has 2 aromatic rings. The molecule has 1 aromatic heterocycles. The van der Waals surface area contributed by atoms with Crippen molar-refractivity contribution in [3.05, 3.63) is 59.4 Å². The second-order valence-electron chi connectivity index (χ2n) is 6.92. The third kappa shape index (κ3) is 4.14. The van der Waals surface area contributed by atoms with Crippen molar-refractivity contribution in [3.63, 3.8) is 0 Å². The Morgan fingerprint density at radius 3 is 2.67 bits per heavy atom. The van der Waals surface area contributed by atoms with E-state index in [-0.39, 0.29) is 36.3 Å². The highest BCUT2D eigenvalue weighted by Crippen LogP contribution is 2.40. The third-order valence-corrected chi connectivity index (χ3v) is 5.28. The summed E-state index contributed by atoms with van der Waals surface area (Å²) < 4.78 is 14.4. The fourth-order valence-electron chi connectivity index (χ4n) is 3.77. The minimum absolute atomic E-state index is 0.00177. The number of carbonyl (C=O) groups is 1. The molecule has 144 valence electrons. The van der Waals surface area contributed by atoms with Gasteiger partial charge in [-0.05, 0) is 25.5 Å². The topological polar surface area (TPSA) is 78.3 Å². The van der Waals surface area contributed by atoms with Gasteiger partial charge in [-0.15, -0.1) is 0 Å². The second kappa shape index (κ2) is 8.54. The lowest BCUT2D eigenvalue weighted by Crippen LogP contribution is -2.34. The average Bonchev–Trinajstić information content (AvgIpc) is 3.02. The molecule has 0 aliphatic carbocycles. The quantitative estimate of drug-likeness (QED) is 0.811. The second-order valence-corrected chi connectivity index (χ2v) is 6.92. The van der Waals surface area contributed by atoms with Gasteiger partial charge in [0.15, 0.2) is 0 Å². The van der Waals surface area contributed by atoms with E-state index in [2.05, 4.69) is 15.3 Å². The zero-order valence-electron chi connectivity index (χ0n) is 15.6. The highest BCUT2D eigenvalue weighted by atomic mass is 19.1. The summed E-state index contributed by atoms with van der Waals surface area (Å²) in [5.74, 6) is 0.158. The molecule has 1 aromatic carbocycles. The van der Waals surface area contributed by atoms with E-state index in [9.17, 15) is 14.3 Å². The Balaban J connectivity index is 1.73. The van der Waals surface area contributed by atoms with Gasteiger partial charge in [0, 0.05) is 43.0 Å². The fraction of sp³-hybridized carbons (Fsp3) is 0.450. The molecule has 1 aliphatic heterocycles. The maximum atomic E-state index is 14.4. The number of likely N-dealkylation sites (N-methyl/N-ethyl adjacent to an activating group) is 1. The van der Waals surface area contributed by atoms with E-state index in [0.29, 0.717) is 36.3 Å². The van der Waals surface area contributed by atoms with Crippen LogP contribution in [0.15, 0.2) is 36.7 Å². The first-order valence-electron chi connectivity index (χ1n) is 9.21. The van der Waals surface area contributed by atoms with Gasteiger partial charge >= 0.3 is 0 Å². The van der Waals surface area contributed by atoms with Crippen LogP contribution in [0.25, 0.3) is 0 Å². The molecular weight excluding hydrogens is 347 g/mol. The number of hydrogen-bond acceptors (Lipinski definition) is 5. The Bertz CT molecular complexity index is 784. The van der Waals surface area contributed by atoms with Gasteiger partial charge < -0.3 is 10.4 Å². The predicted octanol–water partition coefficient (Wildman–Crippen LogP) is 1.96. The number of aryl methyl sites for hydroxylation is 1. The number of aromatic nitrogens is 2. The lowest BCUT2D eigenvalue weighted by Gasteiger charge is -2.28. The Labute approximate surface area is 158 Å². The van der Waals surface area contributed by atoms with Crippen molar-refractivity contribution in [2.75, 3.05) is 20.2 Å². The first-order valence-corrected chi connectivity index (χ1v) is 9.21. The van der Waals surface area contributed by atoms with Crippen LogP contribution in [0.2, 0.25) is 0 Å². The number of likely N-dealkylation sites (tertiary alicyclic amines) is 1. The highest BCUT2D eigenvalue weighted by Gasteiger charge is 2.40. The van der Waals surface area contributed by atoms with Crippen LogP contribution in [0, 0.1) is 11.7 Å². The largest absolute Gasteiger partial charge is 0.395 e. The Morgan fingerprint density at radius 1 is 1.33 bits per heavy atom. The summed E-state index contributed by atoms with van der Waals surface area (Å²) in [7, 11) is 1.89. The van der Waals surface area contributed by atoms with Crippen LogP contribution >= 0.6 is 0 Å². The molecule has 3 rings (SSSR count). The molecular formula is C20H25FN4O2. The van der Waals surface area contributed by atoms with Crippen molar-refractivity contribution < 1.29 is 14.3 Å². The zero-order chi connectivity index (χ0) is 19.4. The molecule has 27 heavy (non-hydrogen) atoms. The van der Waals surface area contributed by atoms with Crippen LogP contribution in [0.1, 0.15) is 41.1 Å². The van der Waals surface area contributed by atoms with Crippen molar-refractivity contribution in [3.8, 4) is 0 Å². The lowest BCUT2D eigenvalue weighted by atomic mass is 9.92. The summed E-state index contributed by atoms with van der Waals surface area (Å²) in [6.45, 7) is 2.33. The highest BCUT2D eigenvalue weighted by molar-refractivity contribution is 5.93. The van der Waals surface area contributed by atoms with E-state index < -0.39 is 0 Å². The Morgan fingerprint density at radius 2 is 2.04 bits per heavy atom. The summed E-state index contributed by atoms with van der Waals surface area (Å²) in [6, 6.07) is 6.40. The van der Waals surface area contributed by atoms with Gasteiger partial charge in [0.2, 0.25) is 0 Å². The fourth-order valence-corrected chi connectivity index (χ4v) is 3.77. The Hall–Kier alpha value is -2.38. The summed E-state index contributed by atoms with van der Waals surface area (Å²) in [4.78, 5) is 22.7. The van der Waals surface area contributed by atoms with E-state index in [1.54, 1.807) is 18.2 Å². The smallest absolute Gasteiger partial charge is 0.254 e. The van der Waals surface area contributed by atoms with Crippen LogP contribution in [-0.2, 0) is 6.42 Å². The molecule has 0 spiro atoms. The molecule has 0 unspecified atom stereocenters. The van der Waals surface area contributed by atoms with Crippen molar-refractivity contribution in [2.24, 2.45) is 5.92 Å². The molecule has 1 saturated heterocycles. The van der Waals surface area contributed by atoms with Gasteiger partial charge in [-0.1, -0.05) is 25.1 Å². The minimum Gasteiger partial charge on any atom is -0.395 e. The van der Waals surface area contributed by atoms with E-state index in [1.165, 1.54) is 18.5 Å². The van der Waals surface area contributed by atoms with E-state index >= 15 is 0 Å². The molecule has 2 heterocycles. The van der Waals surface area contributed by atoms with Gasteiger partial charge in [-0.2, -0.15) is 0 Å². The number of rotatable bonds is 6. The van der Waals surface area contributed by atoms with Gasteiger partial charge in [-0.25, -0.2) is 14.4 Å². The number of nitrogens with zero attached hydrogens (tertiary/aromatic N) is 3. The maximum absolute atomic E-state index is 14.4. The minimum atomic E-state index is -0.271. The molecule has 0 radical (unpaired) electrons. The number of nitrogens with one attached hydrogen (secondary N) is 1. The monoisotopic (exact) mass is 372 g/mol. The molecule has 3 atom stereocenters. The SMILES string of the molecule is CCc1ncc(C(=O)NC[C@H]2C[C@@H](CO)N(C)[C@H]2c2ccccc2F)cn1. The van der Waals surface area contributed by atoms with E-state index in [1.807, 2.05) is 18.9 Å². The number of aliphatic hydroxyl groups is 1. The number of benzene rings is 1. The summed E-state index contributed by atoms with van der Waals surface area (Å²) in [5, 5.41) is 12.6. The average molecular weight is 372 g/mol. The van der Waals surface area contributed by atoms with Crippen LogP contribution in [0.5, 0.6) is 0 Å². The number of halogens is 1. The zero-order valence-corrected chi connectivity index (χ0v) is 15.6. The molecule has 1 aliphatic rings. The molecule has 0 saturated carbocycles. The molecule has 1 fully saturated rings. The maximum Gasteiger partial charge on any atom is 0.254 e. The van der Waals surface area contributed by atoms with Gasteiger partial charge in [0.25, 0.3) is 5.91 Å². The summed E-state index contributed by atoms with van der Waals surface area (Å²) in [5.41, 5.74) is 0.991. The van der Waals surface area contributed by atoms with Crippen molar-refractivity contribution in [1.29, 1.82) is 0 Å². The normalized spacial score (nSPS) is 22.7. The van der Waals surface area contributed by atoms with Gasteiger partial charge in [0.05, 0.1) is 12.2 Å². The van der Waals surface area contributed by atoms with Gasteiger partial charge in [-0.3, -0.25) is 9.69 Å². The van der Waals surface area contributed by atoms with Crippen molar-refractivity contribution in [1.82, 2.24) is 20.2 Å². The number of hydrogen-bond donors (Lipinski definition) is 2. The van der Waals surface area contributed by atoms with Crippen LogP contribution in [0.4, 0.5) is 4.39 Å². The number of amides is 1. The summed E-state index contributed by atoms with van der Waals surface area (Å²) in [6.07, 6.45) is 4.43. The lowest BCUT2D eigenvalue weighted by molar-refractivity contribution is 0.0942. The van der Waals surface area contributed by atoms with Crippen LogP contribution < -0.4 is 5.32 Å². The van der Waals surface area contributed by atoms with Crippen LogP contribution in [-0.4, -0.2) is 52.1 Å². The first-order chi connectivity index (χ1) is 13.0. The standard InChI is InChI=1S/C20H25FN4O2/c1-3-18-22-10-14(11-23-18)20(27)24-9-13-8-15(12-26)25(2)19(13)16-6-4-5-7-17(16)21/h4-7,10-11,13,15,19,26H,3,8-9,12H2,1-2H3,(H,24,27)/t13-,15+,19-/m1/s1. The first kappa shape index (κ1) is 19.4. The Kier molecular flexibility index (Phi) is 6.13. The van der Waals surface area contributed by atoms with Gasteiger partial charge in [0.1, 0.15) is 11.6 Å². The van der Waals surface area contributed by atoms with Crippen molar-refractivity contribution >= 4 is 5.91 Å². The molecule has 6 nitrogen and oxygen atoms in total. The van der Waals surface area contributed by atoms with E-state index in [0.717, 1.165) is 0 Å². The van der Waals surface area contributed by atoms with E-state index in [4.69, 9.17) is 0 Å². The van der Waals surface area contributed by atoms with Crippen LogP contribution in [0.3, 0.4) is 0 Å². The number of aliphatic hydroxyl groups excluding tert-OH is 1. The molecule has 0 bridgehead atoms. The summed E-state index contributed by atoms with van der Waals surface area (Å²) >= 11 is 0. The molecule has 1 amide bonds. The molecule has 7 heteroatoms. The van der Waals surface area contributed by atoms with Crippen molar-refractivity contribution in [2.45, 2.75) is 31.8 Å². The third-order valence-electron chi connectivity index (χ3n) is 5.28.